The van der Waals surface area contributed by atoms with Gasteiger partial charge in [0, 0.05) is 36.7 Å². The highest BCUT2D eigenvalue weighted by molar-refractivity contribution is 5.92. The van der Waals surface area contributed by atoms with Gasteiger partial charge < -0.3 is 14.7 Å². The minimum atomic E-state index is 0.0507. The Morgan fingerprint density at radius 1 is 1.14 bits per heavy atom. The van der Waals surface area contributed by atoms with Crippen molar-refractivity contribution in [2.24, 2.45) is 0 Å². The Labute approximate surface area is 166 Å². The number of amides is 1. The molecule has 2 aromatic rings. The van der Waals surface area contributed by atoms with E-state index in [1.165, 1.54) is 18.4 Å². The van der Waals surface area contributed by atoms with E-state index in [9.17, 15) is 4.79 Å². The van der Waals surface area contributed by atoms with Crippen LogP contribution in [0.2, 0.25) is 0 Å². The second-order valence-corrected chi connectivity index (χ2v) is 8.70. The molecule has 3 heterocycles. The summed E-state index contributed by atoms with van der Waals surface area (Å²) in [4.78, 5) is 15.4. The second kappa shape index (κ2) is 7.70. The van der Waals surface area contributed by atoms with Crippen LogP contribution >= 0.6 is 0 Å². The van der Waals surface area contributed by atoms with E-state index in [-0.39, 0.29) is 11.9 Å². The molecular weight excluding hydrogens is 350 g/mol. The summed E-state index contributed by atoms with van der Waals surface area (Å²) in [5.41, 5.74) is 1.85. The van der Waals surface area contributed by atoms with Gasteiger partial charge in [0.2, 0.25) is 0 Å². The summed E-state index contributed by atoms with van der Waals surface area (Å²) in [5, 5.41) is 7.96. The molecule has 5 nitrogen and oxygen atoms in total. The molecular formula is C23H29N3O2. The maximum Gasteiger partial charge on any atom is 0.276 e. The predicted molar refractivity (Wildman–Crippen MR) is 107 cm³/mol. The van der Waals surface area contributed by atoms with Crippen molar-refractivity contribution in [2.45, 2.75) is 75.4 Å². The molecule has 1 amide bonds. The molecule has 28 heavy (non-hydrogen) atoms. The van der Waals surface area contributed by atoms with E-state index in [2.05, 4.69) is 45.7 Å². The number of hydrogen-bond acceptors (Lipinski definition) is 4. The van der Waals surface area contributed by atoms with Gasteiger partial charge in [-0.05, 0) is 44.1 Å². The van der Waals surface area contributed by atoms with Crippen molar-refractivity contribution in [2.75, 3.05) is 6.54 Å². The molecule has 1 N–H and O–H groups in total. The summed E-state index contributed by atoms with van der Waals surface area (Å²) in [6.07, 6.45) is 8.99. The number of rotatable bonds is 4. The van der Waals surface area contributed by atoms with Gasteiger partial charge in [-0.1, -0.05) is 48.3 Å². The molecule has 3 atom stereocenters. The van der Waals surface area contributed by atoms with Gasteiger partial charge in [-0.15, -0.1) is 0 Å². The molecule has 0 bridgehead atoms. The van der Waals surface area contributed by atoms with Crippen LogP contribution in [0.25, 0.3) is 0 Å². The predicted octanol–water partition coefficient (Wildman–Crippen LogP) is 3.91. The highest BCUT2D eigenvalue weighted by atomic mass is 16.5. The molecule has 1 aromatic carbocycles. The van der Waals surface area contributed by atoms with Crippen molar-refractivity contribution < 1.29 is 9.32 Å². The summed E-state index contributed by atoms with van der Waals surface area (Å²) < 4.78 is 5.45. The van der Waals surface area contributed by atoms with E-state index in [4.69, 9.17) is 4.52 Å². The van der Waals surface area contributed by atoms with E-state index in [1.807, 2.05) is 6.07 Å². The number of fused-ring (bicyclic) bond motifs is 1. The van der Waals surface area contributed by atoms with Crippen LogP contribution in [0.15, 0.2) is 40.9 Å². The quantitative estimate of drug-likeness (QED) is 0.875. The number of carbonyl (C=O) groups excluding carboxylic acids is 1. The average molecular weight is 380 g/mol. The topological polar surface area (TPSA) is 58.4 Å². The lowest BCUT2D eigenvalue weighted by Gasteiger charge is -2.34. The van der Waals surface area contributed by atoms with Crippen molar-refractivity contribution in [1.82, 2.24) is 15.4 Å². The zero-order valence-corrected chi connectivity index (χ0v) is 16.3. The molecule has 1 aromatic heterocycles. The number of nitrogens with zero attached hydrogens (tertiary/aromatic N) is 2. The number of aromatic nitrogens is 1. The normalized spacial score (nSPS) is 27.9. The van der Waals surface area contributed by atoms with Crippen molar-refractivity contribution in [1.29, 1.82) is 0 Å². The highest BCUT2D eigenvalue weighted by Crippen LogP contribution is 2.40. The molecule has 2 saturated heterocycles. The van der Waals surface area contributed by atoms with Crippen molar-refractivity contribution >= 4 is 5.91 Å². The van der Waals surface area contributed by atoms with Crippen molar-refractivity contribution in [3.8, 4) is 0 Å². The fourth-order valence-electron chi connectivity index (χ4n) is 4.94. The summed E-state index contributed by atoms with van der Waals surface area (Å²) in [6.45, 7) is 0.825. The van der Waals surface area contributed by atoms with Crippen LogP contribution in [-0.4, -0.2) is 40.6 Å². The monoisotopic (exact) mass is 379 g/mol. The molecule has 0 unspecified atom stereocenters. The average Bonchev–Trinajstić information content (AvgIpc) is 3.31. The van der Waals surface area contributed by atoms with Gasteiger partial charge in [-0.2, -0.15) is 0 Å². The fraction of sp³-hybridized carbons (Fsp3) is 0.565. The lowest BCUT2D eigenvalue weighted by atomic mass is 9.95. The fourth-order valence-corrected chi connectivity index (χ4v) is 4.94. The van der Waals surface area contributed by atoms with Gasteiger partial charge in [0.25, 0.3) is 5.91 Å². The van der Waals surface area contributed by atoms with Crippen LogP contribution in [0.4, 0.5) is 0 Å². The van der Waals surface area contributed by atoms with Gasteiger partial charge in [-0.25, -0.2) is 0 Å². The van der Waals surface area contributed by atoms with Crippen molar-refractivity contribution in [3.05, 3.63) is 53.4 Å². The van der Waals surface area contributed by atoms with Gasteiger partial charge in [-0.3, -0.25) is 4.79 Å². The van der Waals surface area contributed by atoms with Gasteiger partial charge >= 0.3 is 0 Å². The van der Waals surface area contributed by atoms with Crippen LogP contribution in [0.3, 0.4) is 0 Å². The third-order valence-corrected chi connectivity index (χ3v) is 6.57. The molecule has 0 spiro atoms. The smallest absolute Gasteiger partial charge is 0.276 e. The first-order valence-corrected chi connectivity index (χ1v) is 10.9. The Bertz CT molecular complexity index is 814. The van der Waals surface area contributed by atoms with E-state index >= 15 is 0 Å². The summed E-state index contributed by atoms with van der Waals surface area (Å²) in [6, 6.07) is 13.6. The zero-order chi connectivity index (χ0) is 18.9. The number of benzene rings is 1. The molecule has 3 fully saturated rings. The first kappa shape index (κ1) is 17.9. The molecule has 5 rings (SSSR count). The molecule has 2 aliphatic heterocycles. The highest BCUT2D eigenvalue weighted by Gasteiger charge is 2.40. The van der Waals surface area contributed by atoms with Crippen LogP contribution in [0, 0.1) is 0 Å². The minimum Gasteiger partial charge on any atom is -0.360 e. The van der Waals surface area contributed by atoms with Gasteiger partial charge in [0.05, 0.1) is 0 Å². The van der Waals surface area contributed by atoms with Crippen LogP contribution in [0.5, 0.6) is 0 Å². The Hall–Kier alpha value is -2.14. The summed E-state index contributed by atoms with van der Waals surface area (Å²) in [7, 11) is 0. The second-order valence-electron chi connectivity index (χ2n) is 8.70. The maximum absolute atomic E-state index is 13.3. The summed E-state index contributed by atoms with van der Waals surface area (Å²) in [5.74, 6) is 1.42. The zero-order valence-electron chi connectivity index (χ0n) is 16.3. The van der Waals surface area contributed by atoms with E-state index < -0.39 is 0 Å². The lowest BCUT2D eigenvalue weighted by molar-refractivity contribution is 0.0628. The molecule has 0 radical (unpaired) electrons. The lowest BCUT2D eigenvalue weighted by Crippen LogP contribution is -2.48. The SMILES string of the molecule is O=C(c1cc(C2CC2)on1)N1CCCCC[C@H]2N[C@H](Cc3ccccc3)C[C@@H]21. The van der Waals surface area contributed by atoms with Gasteiger partial charge in [0.1, 0.15) is 5.76 Å². The third kappa shape index (κ3) is 3.72. The molecule has 3 aliphatic rings. The number of likely N-dealkylation sites (tertiary alicyclic amines) is 1. The first-order valence-electron chi connectivity index (χ1n) is 10.9. The van der Waals surface area contributed by atoms with Crippen LogP contribution in [0.1, 0.15) is 72.7 Å². The molecule has 1 saturated carbocycles. The standard InChI is InChI=1S/C23H29N3O2/c27-23(20-15-22(28-25-20)17-10-11-17)26-12-6-2-5-9-19-21(26)14-18(24-19)13-16-7-3-1-4-8-16/h1,3-4,7-8,15,17-19,21,24H,2,5-6,9-14H2/t18-,19-,21+/m1/s1. The van der Waals surface area contributed by atoms with Crippen molar-refractivity contribution in [3.63, 3.8) is 0 Å². The van der Waals surface area contributed by atoms with E-state index in [0.717, 1.165) is 50.8 Å². The number of nitrogens with one attached hydrogen (secondary N) is 1. The minimum absolute atomic E-state index is 0.0507. The molecule has 5 heteroatoms. The largest absolute Gasteiger partial charge is 0.360 e. The van der Waals surface area contributed by atoms with E-state index in [0.29, 0.717) is 23.7 Å². The number of hydrogen-bond donors (Lipinski definition) is 1. The molecule has 148 valence electrons. The Morgan fingerprint density at radius 2 is 2.00 bits per heavy atom. The van der Waals surface area contributed by atoms with Gasteiger partial charge in [0.15, 0.2) is 5.69 Å². The third-order valence-electron chi connectivity index (χ3n) is 6.57. The summed E-state index contributed by atoms with van der Waals surface area (Å²) >= 11 is 0. The van der Waals surface area contributed by atoms with E-state index in [1.54, 1.807) is 0 Å². The number of carbonyl (C=O) groups is 1. The maximum atomic E-state index is 13.3. The Kier molecular flexibility index (Phi) is 4.93. The molecule has 1 aliphatic carbocycles. The van der Waals surface area contributed by atoms with Crippen LogP contribution < -0.4 is 5.32 Å². The van der Waals surface area contributed by atoms with Crippen LogP contribution in [-0.2, 0) is 6.42 Å². The first-order chi connectivity index (χ1) is 13.8. The Balaban J connectivity index is 1.33. The Morgan fingerprint density at radius 3 is 2.82 bits per heavy atom.